The van der Waals surface area contributed by atoms with E-state index in [0.717, 1.165) is 16.5 Å². The van der Waals surface area contributed by atoms with E-state index >= 15 is 0 Å². The Labute approximate surface area is 135 Å². The molecule has 0 aliphatic heterocycles. The van der Waals surface area contributed by atoms with Crippen LogP contribution >= 0.6 is 0 Å². The molecule has 0 saturated carbocycles. The molecule has 3 aromatic rings. The summed E-state index contributed by atoms with van der Waals surface area (Å²) in [6.07, 6.45) is 1.55. The van der Waals surface area contributed by atoms with Gasteiger partial charge in [-0.25, -0.2) is 0 Å². The van der Waals surface area contributed by atoms with Gasteiger partial charge in [0.1, 0.15) is 11.3 Å². The third-order valence-corrected chi connectivity index (χ3v) is 4.45. The Morgan fingerprint density at radius 3 is 2.29 bits per heavy atom. The van der Waals surface area contributed by atoms with Crippen LogP contribution in [0, 0.1) is 6.92 Å². The van der Waals surface area contributed by atoms with Gasteiger partial charge >= 0.3 is 15.6 Å². The summed E-state index contributed by atoms with van der Waals surface area (Å²) in [6.45, 7) is 1.90. The predicted octanol–water partition coefficient (Wildman–Crippen LogP) is 4.64. The number of aryl methyl sites for hydroxylation is 1. The monoisotopic (exact) mass is 356 g/mol. The van der Waals surface area contributed by atoms with Gasteiger partial charge in [0.05, 0.1) is 6.26 Å². The first kappa shape index (κ1) is 16.4. The fraction of sp³-hybridized carbons (Fsp3) is 0.125. The molecule has 0 amide bonds. The minimum atomic E-state index is -5.67. The first-order chi connectivity index (χ1) is 11.2. The van der Waals surface area contributed by atoms with Gasteiger partial charge in [0.2, 0.25) is 0 Å². The van der Waals surface area contributed by atoms with Gasteiger partial charge in [-0.05, 0) is 41.8 Å². The molecule has 0 atom stereocenters. The molecule has 24 heavy (non-hydrogen) atoms. The fourth-order valence-corrected chi connectivity index (χ4v) is 2.78. The van der Waals surface area contributed by atoms with Crippen LogP contribution in [0.25, 0.3) is 22.1 Å². The zero-order chi connectivity index (χ0) is 17.5. The summed E-state index contributed by atoms with van der Waals surface area (Å²) in [5, 5.41) is 0.853. The lowest BCUT2D eigenvalue weighted by Gasteiger charge is -2.10. The van der Waals surface area contributed by atoms with Gasteiger partial charge in [0.25, 0.3) is 0 Å². The van der Waals surface area contributed by atoms with Gasteiger partial charge in [-0.1, -0.05) is 24.3 Å². The lowest BCUT2D eigenvalue weighted by atomic mass is 10.00. The zero-order valence-electron chi connectivity index (χ0n) is 12.3. The average molecular weight is 356 g/mol. The van der Waals surface area contributed by atoms with E-state index in [1.807, 2.05) is 19.1 Å². The molecule has 0 spiro atoms. The van der Waals surface area contributed by atoms with Crippen LogP contribution in [0.2, 0.25) is 0 Å². The molecular weight excluding hydrogens is 345 g/mol. The number of alkyl halides is 3. The summed E-state index contributed by atoms with van der Waals surface area (Å²) in [6, 6.07) is 10.8. The minimum Gasteiger partial charge on any atom is -0.464 e. The van der Waals surface area contributed by atoms with Crippen LogP contribution < -0.4 is 4.18 Å². The lowest BCUT2D eigenvalue weighted by molar-refractivity contribution is -0.0500. The SMILES string of the molecule is Cc1ccc(-c2ccc(OS(=O)(=O)C(F)(F)F)cc2)c2ccoc12. The van der Waals surface area contributed by atoms with Crippen molar-refractivity contribution in [3.63, 3.8) is 0 Å². The highest BCUT2D eigenvalue weighted by Crippen LogP contribution is 2.33. The van der Waals surface area contributed by atoms with Gasteiger partial charge in [0, 0.05) is 5.39 Å². The van der Waals surface area contributed by atoms with E-state index in [-0.39, 0.29) is 0 Å². The highest BCUT2D eigenvalue weighted by molar-refractivity contribution is 7.88. The second-order valence-electron chi connectivity index (χ2n) is 5.10. The molecule has 0 N–H and O–H groups in total. The maximum Gasteiger partial charge on any atom is 0.534 e. The van der Waals surface area contributed by atoms with Gasteiger partial charge in [-0.3, -0.25) is 0 Å². The van der Waals surface area contributed by atoms with Crippen molar-refractivity contribution in [3.8, 4) is 16.9 Å². The van der Waals surface area contributed by atoms with E-state index in [1.165, 1.54) is 24.3 Å². The first-order valence-electron chi connectivity index (χ1n) is 6.77. The quantitative estimate of drug-likeness (QED) is 0.507. The topological polar surface area (TPSA) is 56.5 Å². The molecule has 2 aromatic carbocycles. The third-order valence-electron chi connectivity index (χ3n) is 3.47. The number of hydrogen-bond acceptors (Lipinski definition) is 4. The highest BCUT2D eigenvalue weighted by Gasteiger charge is 2.48. The summed E-state index contributed by atoms with van der Waals surface area (Å²) in [4.78, 5) is 0. The molecule has 0 bridgehead atoms. The summed E-state index contributed by atoms with van der Waals surface area (Å²) in [7, 11) is -5.67. The molecule has 8 heteroatoms. The summed E-state index contributed by atoms with van der Waals surface area (Å²) >= 11 is 0. The second-order valence-corrected chi connectivity index (χ2v) is 6.64. The molecule has 0 aliphatic carbocycles. The number of rotatable bonds is 3. The first-order valence-corrected chi connectivity index (χ1v) is 8.18. The van der Waals surface area contributed by atoms with Crippen LogP contribution in [0.5, 0.6) is 5.75 Å². The Balaban J connectivity index is 1.95. The Morgan fingerprint density at radius 2 is 1.67 bits per heavy atom. The van der Waals surface area contributed by atoms with Crippen LogP contribution in [-0.4, -0.2) is 13.9 Å². The van der Waals surface area contributed by atoms with Crippen LogP contribution in [0.4, 0.5) is 13.2 Å². The molecule has 126 valence electrons. The summed E-state index contributed by atoms with van der Waals surface area (Å²) < 4.78 is 68.4. The Bertz CT molecular complexity index is 986. The van der Waals surface area contributed by atoms with Crippen molar-refractivity contribution < 1.29 is 30.2 Å². The number of furan rings is 1. The number of halogens is 3. The molecule has 1 heterocycles. The smallest absolute Gasteiger partial charge is 0.464 e. The van der Waals surface area contributed by atoms with Crippen LogP contribution in [-0.2, 0) is 10.1 Å². The van der Waals surface area contributed by atoms with Crippen molar-refractivity contribution in [2.45, 2.75) is 12.4 Å². The Hall–Kier alpha value is -2.48. The standard InChI is InChI=1S/C16H11F3O4S/c1-10-2-7-13(14-8-9-22-15(10)14)11-3-5-12(6-4-11)23-24(20,21)16(17,18)19/h2-9H,1H3. The van der Waals surface area contributed by atoms with Crippen molar-refractivity contribution in [3.05, 3.63) is 54.3 Å². The average Bonchev–Trinajstić information content (AvgIpc) is 2.98. The Kier molecular flexibility index (Phi) is 3.79. The van der Waals surface area contributed by atoms with E-state index in [4.69, 9.17) is 4.42 Å². The van der Waals surface area contributed by atoms with Crippen molar-refractivity contribution >= 4 is 21.1 Å². The van der Waals surface area contributed by atoms with Gasteiger partial charge < -0.3 is 8.60 Å². The minimum absolute atomic E-state index is 0.411. The van der Waals surface area contributed by atoms with E-state index in [2.05, 4.69) is 4.18 Å². The predicted molar refractivity (Wildman–Crippen MR) is 82.0 cm³/mol. The Morgan fingerprint density at radius 1 is 1.00 bits per heavy atom. The van der Waals surface area contributed by atoms with Crippen LogP contribution in [0.1, 0.15) is 5.56 Å². The van der Waals surface area contributed by atoms with Crippen LogP contribution in [0.15, 0.2) is 53.1 Å². The second kappa shape index (κ2) is 5.55. The fourth-order valence-electron chi connectivity index (χ4n) is 2.32. The molecule has 0 radical (unpaired) electrons. The molecule has 0 aliphatic rings. The van der Waals surface area contributed by atoms with Crippen molar-refractivity contribution in [2.75, 3.05) is 0 Å². The molecular formula is C16H11F3O4S. The normalized spacial score (nSPS) is 12.5. The van der Waals surface area contributed by atoms with Gasteiger partial charge in [0.15, 0.2) is 0 Å². The third kappa shape index (κ3) is 2.84. The molecule has 1 aromatic heterocycles. The maximum atomic E-state index is 12.3. The lowest BCUT2D eigenvalue weighted by Crippen LogP contribution is -2.28. The summed E-state index contributed by atoms with van der Waals surface area (Å²) in [5.74, 6) is -0.411. The number of hydrogen-bond donors (Lipinski definition) is 0. The number of benzene rings is 2. The largest absolute Gasteiger partial charge is 0.534 e. The van der Waals surface area contributed by atoms with E-state index in [1.54, 1.807) is 12.3 Å². The van der Waals surface area contributed by atoms with E-state index in [0.29, 0.717) is 11.1 Å². The number of fused-ring (bicyclic) bond motifs is 1. The highest BCUT2D eigenvalue weighted by atomic mass is 32.2. The maximum absolute atomic E-state index is 12.3. The van der Waals surface area contributed by atoms with Crippen LogP contribution in [0.3, 0.4) is 0 Å². The molecule has 4 nitrogen and oxygen atoms in total. The molecule has 3 rings (SSSR count). The van der Waals surface area contributed by atoms with Crippen molar-refractivity contribution in [2.24, 2.45) is 0 Å². The van der Waals surface area contributed by atoms with Crippen molar-refractivity contribution in [1.82, 2.24) is 0 Å². The molecule has 0 unspecified atom stereocenters. The van der Waals surface area contributed by atoms with Crippen molar-refractivity contribution in [1.29, 1.82) is 0 Å². The molecule has 0 fully saturated rings. The molecule has 0 saturated heterocycles. The van der Waals surface area contributed by atoms with E-state index in [9.17, 15) is 21.6 Å². The van der Waals surface area contributed by atoms with E-state index < -0.39 is 21.4 Å². The summed E-state index contributed by atoms with van der Waals surface area (Å²) in [5.41, 5.74) is -2.29. The zero-order valence-corrected chi connectivity index (χ0v) is 13.1. The van der Waals surface area contributed by atoms with Gasteiger partial charge in [-0.15, -0.1) is 0 Å². The van der Waals surface area contributed by atoms with Gasteiger partial charge in [-0.2, -0.15) is 21.6 Å².